The van der Waals surface area contributed by atoms with Gasteiger partial charge in [-0.05, 0) is 54.2 Å². The molecule has 158 valence electrons. The summed E-state index contributed by atoms with van der Waals surface area (Å²) in [6.07, 6.45) is 4.13. The number of nitrogens with zero attached hydrogens (tertiary/aromatic N) is 1. The summed E-state index contributed by atoms with van der Waals surface area (Å²) in [5.41, 5.74) is 5.60. The summed E-state index contributed by atoms with van der Waals surface area (Å²) in [4.78, 5) is 4.69. The minimum absolute atomic E-state index is 0.296. The minimum Gasteiger partial charge on any atom is -0.507 e. The van der Waals surface area contributed by atoms with Gasteiger partial charge in [-0.1, -0.05) is 91.0 Å². The Morgan fingerprint density at radius 3 is 1.81 bits per heavy atom. The molecule has 1 saturated carbocycles. The average Bonchev–Trinajstić information content (AvgIpc) is 3.69. The van der Waals surface area contributed by atoms with Crippen LogP contribution in [0.3, 0.4) is 0 Å². The van der Waals surface area contributed by atoms with E-state index in [1.54, 1.807) is 0 Å². The van der Waals surface area contributed by atoms with E-state index >= 15 is 0 Å². The van der Waals surface area contributed by atoms with Crippen molar-refractivity contribution in [1.29, 1.82) is 0 Å². The van der Waals surface area contributed by atoms with Gasteiger partial charge < -0.3 is 5.11 Å². The molecule has 0 bridgehead atoms. The quantitative estimate of drug-likeness (QED) is 0.266. The van der Waals surface area contributed by atoms with Gasteiger partial charge >= 0.3 is 0 Å². The Kier molecular flexibility index (Phi) is 5.36. The van der Waals surface area contributed by atoms with E-state index in [9.17, 15) is 5.11 Å². The van der Waals surface area contributed by atoms with Crippen LogP contribution in [0, 0.1) is 0 Å². The first kappa shape index (κ1) is 20.3. The highest BCUT2D eigenvalue weighted by Gasteiger charge is 2.34. The van der Waals surface area contributed by atoms with Gasteiger partial charge in [-0.15, -0.1) is 0 Å². The van der Waals surface area contributed by atoms with Gasteiger partial charge in [0.15, 0.2) is 0 Å². The second-order valence-corrected chi connectivity index (χ2v) is 8.69. The van der Waals surface area contributed by atoms with Crippen molar-refractivity contribution in [2.75, 3.05) is 0 Å². The largest absolute Gasteiger partial charge is 0.507 e. The van der Waals surface area contributed by atoms with Crippen LogP contribution in [0.15, 0.2) is 108 Å². The lowest BCUT2D eigenvalue weighted by Gasteiger charge is -2.33. The molecule has 1 aliphatic rings. The van der Waals surface area contributed by atoms with Gasteiger partial charge in [0, 0.05) is 22.8 Å². The molecule has 0 saturated heterocycles. The summed E-state index contributed by atoms with van der Waals surface area (Å²) >= 11 is 0. The van der Waals surface area contributed by atoms with Gasteiger partial charge in [0.1, 0.15) is 5.75 Å². The van der Waals surface area contributed by atoms with Crippen LogP contribution in [-0.2, 0) is 5.41 Å². The topological polar surface area (TPSA) is 32.6 Å². The number of hydrogen-bond donors (Lipinski definition) is 1. The Morgan fingerprint density at radius 1 is 0.750 bits per heavy atom. The maximum Gasteiger partial charge on any atom is 0.128 e. The highest BCUT2D eigenvalue weighted by molar-refractivity contribution is 5.88. The van der Waals surface area contributed by atoms with E-state index in [-0.39, 0.29) is 0 Å². The predicted octanol–water partition coefficient (Wildman–Crippen LogP) is 6.99. The standard InChI is InChI=1S/C30H27NO/c1-30(25-13-7-3-8-14-25,26-15-9-4-10-16-26)28-20-23(22-11-5-2-6-12-22)19-24(29(28)32)21-31-27-17-18-27/h2-16,19-21,27,32H,17-18H2,1H3. The lowest BCUT2D eigenvalue weighted by molar-refractivity contribution is 0.456. The Hall–Kier alpha value is -3.65. The van der Waals surface area contributed by atoms with Crippen molar-refractivity contribution < 1.29 is 5.11 Å². The monoisotopic (exact) mass is 417 g/mol. The molecule has 0 atom stereocenters. The maximum atomic E-state index is 11.6. The fourth-order valence-corrected chi connectivity index (χ4v) is 4.36. The lowest BCUT2D eigenvalue weighted by atomic mass is 9.70. The first-order chi connectivity index (χ1) is 15.7. The fourth-order valence-electron chi connectivity index (χ4n) is 4.36. The zero-order chi connectivity index (χ0) is 22.0. The van der Waals surface area contributed by atoms with Crippen molar-refractivity contribution in [3.63, 3.8) is 0 Å². The molecular weight excluding hydrogens is 390 g/mol. The molecule has 1 fully saturated rings. The number of hydrogen-bond acceptors (Lipinski definition) is 2. The fraction of sp³-hybridized carbons (Fsp3) is 0.167. The molecule has 2 nitrogen and oxygen atoms in total. The number of phenols is 1. The molecule has 0 heterocycles. The van der Waals surface area contributed by atoms with E-state index in [0.29, 0.717) is 11.8 Å². The highest BCUT2D eigenvalue weighted by atomic mass is 16.3. The minimum atomic E-state index is -0.528. The summed E-state index contributed by atoms with van der Waals surface area (Å²) in [6.45, 7) is 2.20. The van der Waals surface area contributed by atoms with Crippen molar-refractivity contribution in [3.8, 4) is 16.9 Å². The van der Waals surface area contributed by atoms with Gasteiger partial charge in [-0.2, -0.15) is 0 Å². The Labute approximate surface area is 189 Å². The summed E-state index contributed by atoms with van der Waals surface area (Å²) < 4.78 is 0. The van der Waals surface area contributed by atoms with Crippen molar-refractivity contribution in [2.45, 2.75) is 31.2 Å². The molecule has 1 N–H and O–H groups in total. The molecule has 0 radical (unpaired) electrons. The lowest BCUT2D eigenvalue weighted by Crippen LogP contribution is -2.26. The molecule has 4 aromatic carbocycles. The number of benzene rings is 4. The van der Waals surface area contributed by atoms with E-state index in [2.05, 4.69) is 84.7 Å². The molecule has 32 heavy (non-hydrogen) atoms. The molecule has 0 amide bonds. The zero-order valence-electron chi connectivity index (χ0n) is 18.3. The van der Waals surface area contributed by atoms with Crippen LogP contribution in [-0.4, -0.2) is 17.4 Å². The van der Waals surface area contributed by atoms with Gasteiger partial charge in [-0.3, -0.25) is 4.99 Å². The van der Waals surface area contributed by atoms with E-state index < -0.39 is 5.41 Å². The Balaban J connectivity index is 1.78. The summed E-state index contributed by atoms with van der Waals surface area (Å²) in [5, 5.41) is 11.6. The number of aliphatic imine (C=N–C) groups is 1. The van der Waals surface area contributed by atoms with Gasteiger partial charge in [0.05, 0.1) is 6.04 Å². The van der Waals surface area contributed by atoms with Crippen LogP contribution in [0.1, 0.15) is 42.0 Å². The van der Waals surface area contributed by atoms with Gasteiger partial charge in [-0.25, -0.2) is 0 Å². The molecular formula is C30H27NO. The summed E-state index contributed by atoms with van der Waals surface area (Å²) in [7, 11) is 0. The van der Waals surface area contributed by atoms with E-state index in [1.165, 1.54) is 0 Å². The SMILES string of the molecule is CC(c1ccccc1)(c1ccccc1)c1cc(-c2ccccc2)cc(C=NC2CC2)c1O. The number of phenolic OH excluding ortho intramolecular Hbond substituents is 1. The smallest absolute Gasteiger partial charge is 0.128 e. The molecule has 0 unspecified atom stereocenters. The first-order valence-corrected chi connectivity index (χ1v) is 11.2. The third-order valence-corrected chi connectivity index (χ3v) is 6.46. The molecule has 5 rings (SSSR count). The molecule has 1 aliphatic carbocycles. The summed E-state index contributed by atoms with van der Waals surface area (Å²) in [5.74, 6) is 0.296. The van der Waals surface area contributed by atoms with Crippen LogP contribution < -0.4 is 0 Å². The van der Waals surface area contributed by atoms with Crippen molar-refractivity contribution in [3.05, 3.63) is 125 Å². The maximum absolute atomic E-state index is 11.6. The van der Waals surface area contributed by atoms with Crippen LogP contribution >= 0.6 is 0 Å². The number of rotatable bonds is 6. The average molecular weight is 418 g/mol. The van der Waals surface area contributed by atoms with Crippen LogP contribution in [0.2, 0.25) is 0 Å². The van der Waals surface area contributed by atoms with Crippen LogP contribution in [0.4, 0.5) is 0 Å². The second kappa shape index (κ2) is 8.47. The summed E-state index contributed by atoms with van der Waals surface area (Å²) in [6, 6.07) is 35.8. The van der Waals surface area contributed by atoms with Crippen molar-refractivity contribution in [1.82, 2.24) is 0 Å². The van der Waals surface area contributed by atoms with Gasteiger partial charge in [0.2, 0.25) is 0 Å². The molecule has 0 spiro atoms. The third-order valence-electron chi connectivity index (χ3n) is 6.46. The van der Waals surface area contributed by atoms with Gasteiger partial charge in [0.25, 0.3) is 0 Å². The normalized spacial score (nSPS) is 14.0. The molecule has 2 heteroatoms. The predicted molar refractivity (Wildman–Crippen MR) is 133 cm³/mol. The Morgan fingerprint density at radius 2 is 1.28 bits per heavy atom. The zero-order valence-corrected chi connectivity index (χ0v) is 18.3. The van der Waals surface area contributed by atoms with Crippen molar-refractivity contribution in [2.24, 2.45) is 4.99 Å². The Bertz CT molecular complexity index is 1190. The second-order valence-electron chi connectivity index (χ2n) is 8.69. The molecule has 0 aromatic heterocycles. The van der Waals surface area contributed by atoms with Crippen LogP contribution in [0.5, 0.6) is 5.75 Å². The number of aromatic hydroxyl groups is 1. The van der Waals surface area contributed by atoms with Crippen molar-refractivity contribution >= 4 is 6.21 Å². The van der Waals surface area contributed by atoms with E-state index in [0.717, 1.165) is 46.2 Å². The van der Waals surface area contributed by atoms with Crippen LogP contribution in [0.25, 0.3) is 11.1 Å². The molecule has 0 aliphatic heterocycles. The highest BCUT2D eigenvalue weighted by Crippen LogP contribution is 2.45. The van der Waals surface area contributed by atoms with E-state index in [1.807, 2.05) is 36.5 Å². The van der Waals surface area contributed by atoms with E-state index in [4.69, 9.17) is 0 Å². The third kappa shape index (κ3) is 3.85. The molecule has 4 aromatic rings. The first-order valence-electron chi connectivity index (χ1n) is 11.2.